The largest absolute Gasteiger partial charge is 0.419 e. The standard InChI is InChI=1S/C22H18ClN5O4S/c1-22(2,12-24)21-27-26-19(32-21)14-5-8-18-17(9-14)28(10-13-3-6-15(23)7-4-13)20(29)16(25)11-33(18,30)31/h3-9,11H,10,25H2,1-2H3. The fourth-order valence-corrected chi connectivity index (χ4v) is 4.62. The molecule has 3 aromatic rings. The quantitative estimate of drug-likeness (QED) is 0.595. The fourth-order valence-electron chi connectivity index (χ4n) is 3.22. The number of sulfone groups is 1. The minimum absolute atomic E-state index is 0.0487. The van der Waals surface area contributed by atoms with Crippen LogP contribution in [-0.4, -0.2) is 24.5 Å². The molecule has 0 spiro atoms. The molecule has 4 rings (SSSR count). The number of aromatic nitrogens is 2. The van der Waals surface area contributed by atoms with Gasteiger partial charge in [-0.15, -0.1) is 10.2 Å². The molecule has 0 aliphatic carbocycles. The highest BCUT2D eigenvalue weighted by atomic mass is 35.5. The summed E-state index contributed by atoms with van der Waals surface area (Å²) in [6, 6.07) is 13.2. The number of nitrogens with zero attached hydrogens (tertiary/aromatic N) is 4. The second-order valence-corrected chi connectivity index (χ2v) is 10.2. The lowest BCUT2D eigenvalue weighted by Crippen LogP contribution is -2.33. The highest BCUT2D eigenvalue weighted by molar-refractivity contribution is 7.94. The Bertz CT molecular complexity index is 1440. The van der Waals surface area contributed by atoms with Gasteiger partial charge in [0, 0.05) is 10.6 Å². The number of nitriles is 1. The minimum Gasteiger partial charge on any atom is -0.419 e. The smallest absolute Gasteiger partial charge is 0.275 e. The second kappa shape index (κ2) is 8.03. The Morgan fingerprint density at radius 1 is 1.18 bits per heavy atom. The van der Waals surface area contributed by atoms with Crippen molar-refractivity contribution in [1.29, 1.82) is 5.26 Å². The third-order valence-electron chi connectivity index (χ3n) is 5.07. The summed E-state index contributed by atoms with van der Waals surface area (Å²) in [6.45, 7) is 3.32. The summed E-state index contributed by atoms with van der Waals surface area (Å²) >= 11 is 5.95. The van der Waals surface area contributed by atoms with Crippen LogP contribution in [0.15, 0.2) is 62.9 Å². The van der Waals surface area contributed by atoms with E-state index in [1.54, 1.807) is 38.1 Å². The number of carbonyl (C=O) groups excluding carboxylic acids is 1. The van der Waals surface area contributed by atoms with Crippen molar-refractivity contribution in [2.75, 3.05) is 4.90 Å². The molecular formula is C22H18ClN5O4S. The van der Waals surface area contributed by atoms with Crippen LogP contribution in [0.2, 0.25) is 5.02 Å². The maximum absolute atomic E-state index is 13.0. The number of rotatable bonds is 4. The van der Waals surface area contributed by atoms with Crippen molar-refractivity contribution in [2.45, 2.75) is 30.7 Å². The van der Waals surface area contributed by atoms with Crippen LogP contribution in [0.1, 0.15) is 25.3 Å². The zero-order chi connectivity index (χ0) is 24.0. The zero-order valence-electron chi connectivity index (χ0n) is 17.6. The fraction of sp³-hybridized carbons (Fsp3) is 0.182. The topological polar surface area (TPSA) is 143 Å². The monoisotopic (exact) mass is 483 g/mol. The average Bonchev–Trinajstić information content (AvgIpc) is 3.26. The molecule has 11 heteroatoms. The summed E-state index contributed by atoms with van der Waals surface area (Å²) in [5.74, 6) is -0.471. The molecule has 0 atom stereocenters. The molecule has 9 nitrogen and oxygen atoms in total. The van der Waals surface area contributed by atoms with Gasteiger partial charge in [0.2, 0.25) is 21.6 Å². The normalized spacial score (nSPS) is 15.4. The van der Waals surface area contributed by atoms with E-state index in [1.807, 2.05) is 0 Å². The molecule has 2 heterocycles. The van der Waals surface area contributed by atoms with Gasteiger partial charge < -0.3 is 15.1 Å². The first-order valence-electron chi connectivity index (χ1n) is 9.70. The van der Waals surface area contributed by atoms with E-state index in [9.17, 15) is 18.5 Å². The summed E-state index contributed by atoms with van der Waals surface area (Å²) in [5, 5.41) is 18.5. The lowest BCUT2D eigenvalue weighted by molar-refractivity contribution is -0.115. The maximum atomic E-state index is 13.0. The number of nitrogens with two attached hydrogens (primary N) is 1. The Labute approximate surface area is 195 Å². The van der Waals surface area contributed by atoms with Gasteiger partial charge in [0.1, 0.15) is 11.1 Å². The molecule has 0 unspecified atom stereocenters. The van der Waals surface area contributed by atoms with E-state index in [4.69, 9.17) is 21.8 Å². The molecule has 0 fully saturated rings. The van der Waals surface area contributed by atoms with Crippen molar-refractivity contribution in [3.05, 3.63) is 70.0 Å². The van der Waals surface area contributed by atoms with E-state index in [-0.39, 0.29) is 28.9 Å². The van der Waals surface area contributed by atoms with E-state index >= 15 is 0 Å². The minimum atomic E-state index is -3.99. The van der Waals surface area contributed by atoms with E-state index in [1.165, 1.54) is 23.1 Å². The third kappa shape index (κ3) is 4.20. The first kappa shape index (κ1) is 22.5. The van der Waals surface area contributed by atoms with Gasteiger partial charge in [-0.2, -0.15) is 5.26 Å². The predicted molar refractivity (Wildman–Crippen MR) is 120 cm³/mol. The molecule has 0 saturated heterocycles. The Morgan fingerprint density at radius 3 is 2.55 bits per heavy atom. The lowest BCUT2D eigenvalue weighted by Gasteiger charge is -2.23. The van der Waals surface area contributed by atoms with Crippen molar-refractivity contribution >= 4 is 33.0 Å². The van der Waals surface area contributed by atoms with Crippen LogP contribution in [0.5, 0.6) is 0 Å². The Kier molecular flexibility index (Phi) is 5.47. The predicted octanol–water partition coefficient (Wildman–Crippen LogP) is 3.31. The molecule has 168 valence electrons. The third-order valence-corrected chi connectivity index (χ3v) is 6.85. The molecule has 33 heavy (non-hydrogen) atoms. The van der Waals surface area contributed by atoms with Gasteiger partial charge in [0.15, 0.2) is 0 Å². The van der Waals surface area contributed by atoms with Gasteiger partial charge in [-0.3, -0.25) is 4.79 Å². The first-order chi connectivity index (χ1) is 15.5. The van der Waals surface area contributed by atoms with Crippen molar-refractivity contribution in [1.82, 2.24) is 10.2 Å². The molecule has 1 aliphatic heterocycles. The van der Waals surface area contributed by atoms with Crippen LogP contribution in [0.25, 0.3) is 11.5 Å². The van der Waals surface area contributed by atoms with Crippen molar-refractivity contribution in [2.24, 2.45) is 5.73 Å². The molecule has 0 saturated carbocycles. The zero-order valence-corrected chi connectivity index (χ0v) is 19.2. The van der Waals surface area contributed by atoms with Gasteiger partial charge in [-0.05, 0) is 49.7 Å². The van der Waals surface area contributed by atoms with E-state index in [0.717, 1.165) is 5.41 Å². The lowest BCUT2D eigenvalue weighted by atomic mass is 9.96. The van der Waals surface area contributed by atoms with Crippen LogP contribution in [0.3, 0.4) is 0 Å². The van der Waals surface area contributed by atoms with Crippen LogP contribution < -0.4 is 10.6 Å². The van der Waals surface area contributed by atoms with Gasteiger partial charge in [-0.1, -0.05) is 23.7 Å². The van der Waals surface area contributed by atoms with Gasteiger partial charge in [0.25, 0.3) is 5.91 Å². The molecule has 1 aliphatic rings. The number of hydrogen-bond donors (Lipinski definition) is 1. The molecular weight excluding hydrogens is 466 g/mol. The average molecular weight is 484 g/mol. The van der Waals surface area contributed by atoms with Crippen LogP contribution >= 0.6 is 11.6 Å². The van der Waals surface area contributed by atoms with E-state index in [0.29, 0.717) is 16.1 Å². The van der Waals surface area contributed by atoms with Crippen LogP contribution in [-0.2, 0) is 26.6 Å². The number of benzene rings is 2. The molecule has 0 bridgehead atoms. The number of carbonyl (C=O) groups is 1. The van der Waals surface area contributed by atoms with Gasteiger partial charge >= 0.3 is 0 Å². The van der Waals surface area contributed by atoms with Crippen molar-refractivity contribution in [3.63, 3.8) is 0 Å². The number of anilines is 1. The Morgan fingerprint density at radius 2 is 1.88 bits per heavy atom. The highest BCUT2D eigenvalue weighted by Gasteiger charge is 2.32. The van der Waals surface area contributed by atoms with E-state index in [2.05, 4.69) is 16.3 Å². The van der Waals surface area contributed by atoms with Crippen LogP contribution in [0.4, 0.5) is 5.69 Å². The number of fused-ring (bicyclic) bond motifs is 1. The molecule has 2 N–H and O–H groups in total. The molecule has 0 radical (unpaired) electrons. The molecule has 1 amide bonds. The maximum Gasteiger partial charge on any atom is 0.275 e. The summed E-state index contributed by atoms with van der Waals surface area (Å²) in [7, 11) is -3.99. The number of amides is 1. The van der Waals surface area contributed by atoms with Gasteiger partial charge in [0.05, 0.1) is 28.6 Å². The van der Waals surface area contributed by atoms with Crippen molar-refractivity contribution < 1.29 is 17.6 Å². The summed E-state index contributed by atoms with van der Waals surface area (Å²) in [4.78, 5) is 14.2. The van der Waals surface area contributed by atoms with E-state index < -0.39 is 26.9 Å². The summed E-state index contributed by atoms with van der Waals surface area (Å²) < 4.78 is 31.4. The molecule has 1 aromatic heterocycles. The summed E-state index contributed by atoms with van der Waals surface area (Å²) in [6.07, 6.45) is 0. The SMILES string of the molecule is CC(C)(C#N)c1nnc(-c2ccc3c(c2)N(Cc2ccc(Cl)cc2)C(=O)C(N)=CS3(=O)=O)o1. The first-order valence-corrected chi connectivity index (χ1v) is 11.6. The Hall–Kier alpha value is -3.68. The Balaban J connectivity index is 1.85. The molecule has 2 aromatic carbocycles. The number of hydrogen-bond acceptors (Lipinski definition) is 8. The highest BCUT2D eigenvalue weighted by Crippen LogP contribution is 2.36. The summed E-state index contributed by atoms with van der Waals surface area (Å²) in [5.41, 5.74) is 5.62. The second-order valence-electron chi connectivity index (χ2n) is 7.97. The number of halogens is 1. The van der Waals surface area contributed by atoms with Crippen molar-refractivity contribution in [3.8, 4) is 17.5 Å². The van der Waals surface area contributed by atoms with Crippen LogP contribution in [0, 0.1) is 11.3 Å². The van der Waals surface area contributed by atoms with Gasteiger partial charge in [-0.25, -0.2) is 8.42 Å².